The second kappa shape index (κ2) is 13.9. The van der Waals surface area contributed by atoms with Gasteiger partial charge in [-0.25, -0.2) is 4.79 Å². The van der Waals surface area contributed by atoms with E-state index in [1.54, 1.807) is 74.3 Å². The van der Waals surface area contributed by atoms with Gasteiger partial charge in [-0.1, -0.05) is 24.3 Å². The highest BCUT2D eigenvalue weighted by atomic mass is 32.2. The summed E-state index contributed by atoms with van der Waals surface area (Å²) in [4.78, 5) is 46.7. The van der Waals surface area contributed by atoms with E-state index < -0.39 is 32.8 Å². The van der Waals surface area contributed by atoms with Crippen molar-refractivity contribution in [3.05, 3.63) is 101 Å². The third kappa shape index (κ3) is 8.00. The monoisotopic (exact) mass is 675 g/mol. The highest BCUT2D eigenvalue weighted by molar-refractivity contribution is 7.87. The maximum Gasteiger partial charge on any atom is 0.410 e. The number of ether oxygens (including phenoxy) is 1. The fourth-order valence-corrected chi connectivity index (χ4v) is 6.57. The zero-order valence-corrected chi connectivity index (χ0v) is 27.9. The Kier molecular flexibility index (Phi) is 9.85. The number of amides is 2. The summed E-state index contributed by atoms with van der Waals surface area (Å²) >= 11 is 0. The maximum atomic E-state index is 14.0. The van der Waals surface area contributed by atoms with Gasteiger partial charge in [0.25, 0.3) is 5.69 Å². The number of nitrogens with zero attached hydrogens (tertiary/aromatic N) is 5. The van der Waals surface area contributed by atoms with Gasteiger partial charge in [-0.2, -0.15) is 8.42 Å². The Morgan fingerprint density at radius 2 is 1.65 bits per heavy atom. The summed E-state index contributed by atoms with van der Waals surface area (Å²) in [6, 6.07) is 18.2. The minimum Gasteiger partial charge on any atom is -0.444 e. The molecule has 1 saturated heterocycles. The van der Waals surface area contributed by atoms with Gasteiger partial charge >= 0.3 is 16.2 Å². The van der Waals surface area contributed by atoms with Crippen molar-refractivity contribution in [1.29, 1.82) is 0 Å². The van der Waals surface area contributed by atoms with Crippen LogP contribution in [0.4, 0.5) is 16.2 Å². The SMILES string of the molecule is CN(C(=O)OC(C)(C)C)[C@@H](Cc1ccc(OS(=O)(=O)c2cccc3cnccc23)cc1)C(=O)N1CCN(c2ccc([N+](=O)[O-])cc2)CC1. The summed E-state index contributed by atoms with van der Waals surface area (Å²) in [7, 11) is -2.65. The topological polar surface area (TPSA) is 152 Å². The van der Waals surface area contributed by atoms with Crippen LogP contribution in [0.5, 0.6) is 5.75 Å². The molecular formula is C34H37N5O8S. The second-order valence-electron chi connectivity index (χ2n) is 12.4. The molecule has 2 amide bonds. The molecule has 0 radical (unpaired) electrons. The summed E-state index contributed by atoms with van der Waals surface area (Å²) in [6.45, 7) is 6.99. The normalized spacial score (nSPS) is 14.3. The van der Waals surface area contributed by atoms with Gasteiger partial charge in [0.05, 0.1) is 4.92 Å². The standard InChI is InChI=1S/C34H37N5O8S/c1-34(2,3)46-33(41)36(4)30(32(40)38-20-18-37(19-21-38)26-10-12-27(13-11-26)39(42)43)22-24-8-14-28(15-9-24)47-48(44,45)31-7-5-6-25-23-35-17-16-29(25)31/h5-17,23,30H,18-22H2,1-4H3/t30-/m0/s1. The van der Waals surface area contributed by atoms with E-state index in [1.165, 1.54) is 48.5 Å². The highest BCUT2D eigenvalue weighted by Crippen LogP contribution is 2.27. The Labute approximate surface area is 279 Å². The number of carbonyl (C=O) groups excluding carboxylic acids is 2. The minimum absolute atomic E-state index is 0.00406. The van der Waals surface area contributed by atoms with Gasteiger partial charge in [-0.3, -0.25) is 24.8 Å². The summed E-state index contributed by atoms with van der Waals surface area (Å²) in [6.07, 6.45) is 2.58. The zero-order chi connectivity index (χ0) is 34.6. The Hall–Kier alpha value is -5.24. The zero-order valence-electron chi connectivity index (χ0n) is 27.1. The number of likely N-dealkylation sites (N-methyl/N-ethyl adjacent to an activating group) is 1. The highest BCUT2D eigenvalue weighted by Gasteiger charge is 2.35. The van der Waals surface area contributed by atoms with Crippen LogP contribution < -0.4 is 9.08 Å². The molecule has 2 heterocycles. The lowest BCUT2D eigenvalue weighted by Crippen LogP contribution is -2.56. The van der Waals surface area contributed by atoms with Crippen molar-refractivity contribution in [2.75, 3.05) is 38.1 Å². The van der Waals surface area contributed by atoms with Crippen molar-refractivity contribution < 1.29 is 31.9 Å². The van der Waals surface area contributed by atoms with Crippen molar-refractivity contribution in [3.63, 3.8) is 0 Å². The third-order valence-electron chi connectivity index (χ3n) is 7.92. The summed E-state index contributed by atoms with van der Waals surface area (Å²) < 4.78 is 37.4. The van der Waals surface area contributed by atoms with Gasteiger partial charge in [-0.15, -0.1) is 0 Å². The number of anilines is 1. The van der Waals surface area contributed by atoms with Crippen LogP contribution in [0.15, 0.2) is 90.1 Å². The summed E-state index contributed by atoms with van der Waals surface area (Å²) in [5, 5.41) is 12.2. The molecule has 48 heavy (non-hydrogen) atoms. The summed E-state index contributed by atoms with van der Waals surface area (Å²) in [5.41, 5.74) is 0.718. The van der Waals surface area contributed by atoms with E-state index in [9.17, 15) is 28.1 Å². The lowest BCUT2D eigenvalue weighted by molar-refractivity contribution is -0.384. The number of hydrogen-bond donors (Lipinski definition) is 0. The van der Waals surface area contributed by atoms with E-state index in [2.05, 4.69) is 4.98 Å². The molecule has 5 rings (SSSR count). The first-order valence-electron chi connectivity index (χ1n) is 15.3. The molecule has 1 atom stereocenters. The van der Waals surface area contributed by atoms with Gasteiger partial charge in [-0.05, 0) is 62.7 Å². The Balaban J connectivity index is 1.30. The van der Waals surface area contributed by atoms with Crippen LogP contribution >= 0.6 is 0 Å². The molecular weight excluding hydrogens is 638 g/mol. The Bertz CT molecular complexity index is 1900. The molecule has 3 aromatic carbocycles. The van der Waals surface area contributed by atoms with Crippen molar-refractivity contribution in [3.8, 4) is 5.75 Å². The molecule has 252 valence electrons. The van der Waals surface area contributed by atoms with E-state index in [1.807, 2.05) is 4.90 Å². The largest absolute Gasteiger partial charge is 0.444 e. The van der Waals surface area contributed by atoms with Gasteiger partial charge < -0.3 is 18.7 Å². The second-order valence-corrected chi connectivity index (χ2v) is 13.9. The maximum absolute atomic E-state index is 14.0. The molecule has 1 aromatic heterocycles. The van der Waals surface area contributed by atoms with Crippen molar-refractivity contribution >= 4 is 44.3 Å². The molecule has 1 aliphatic rings. The molecule has 0 spiro atoms. The third-order valence-corrected chi connectivity index (χ3v) is 9.23. The first kappa shape index (κ1) is 34.1. The number of non-ortho nitro benzene ring substituents is 1. The molecule has 4 aromatic rings. The van der Waals surface area contributed by atoms with Gasteiger partial charge in [0.15, 0.2) is 0 Å². The molecule has 13 nitrogen and oxygen atoms in total. The lowest BCUT2D eigenvalue weighted by Gasteiger charge is -2.39. The fourth-order valence-electron chi connectivity index (χ4n) is 5.42. The number of pyridine rings is 1. The molecule has 1 fully saturated rings. The number of nitro groups is 1. The van der Waals surface area contributed by atoms with E-state index >= 15 is 0 Å². The minimum atomic E-state index is -4.17. The number of fused-ring (bicyclic) bond motifs is 1. The number of rotatable bonds is 9. The number of hydrogen-bond acceptors (Lipinski definition) is 10. The number of aromatic nitrogens is 1. The van der Waals surface area contributed by atoms with Crippen LogP contribution in [-0.2, 0) is 26.1 Å². The van der Waals surface area contributed by atoms with Crippen molar-refractivity contribution in [1.82, 2.24) is 14.8 Å². The van der Waals surface area contributed by atoms with E-state index in [0.29, 0.717) is 42.5 Å². The van der Waals surface area contributed by atoms with Crippen LogP contribution in [0.1, 0.15) is 26.3 Å². The fraction of sp³-hybridized carbons (Fsp3) is 0.324. The molecule has 0 aliphatic carbocycles. The number of nitro benzene ring substituents is 1. The molecule has 0 unspecified atom stereocenters. The number of piperazine rings is 1. The van der Waals surface area contributed by atoms with Crippen molar-refractivity contribution in [2.24, 2.45) is 0 Å². The van der Waals surface area contributed by atoms with Gasteiger partial charge in [0.2, 0.25) is 5.91 Å². The molecule has 14 heteroatoms. The van der Waals surface area contributed by atoms with Gasteiger partial charge in [0, 0.05) is 80.6 Å². The van der Waals surface area contributed by atoms with Gasteiger partial charge in [0.1, 0.15) is 22.3 Å². The van der Waals surface area contributed by atoms with E-state index in [0.717, 1.165) is 5.69 Å². The van der Waals surface area contributed by atoms with Crippen molar-refractivity contribution in [2.45, 2.75) is 43.7 Å². The average Bonchev–Trinajstić information content (AvgIpc) is 3.06. The molecule has 1 aliphatic heterocycles. The molecule has 0 saturated carbocycles. The Morgan fingerprint density at radius 1 is 0.979 bits per heavy atom. The average molecular weight is 676 g/mol. The smallest absolute Gasteiger partial charge is 0.410 e. The first-order chi connectivity index (χ1) is 22.7. The van der Waals surface area contributed by atoms with Crippen LogP contribution in [0.2, 0.25) is 0 Å². The van der Waals surface area contributed by atoms with E-state index in [4.69, 9.17) is 8.92 Å². The Morgan fingerprint density at radius 3 is 2.27 bits per heavy atom. The lowest BCUT2D eigenvalue weighted by atomic mass is 10.0. The predicted molar refractivity (Wildman–Crippen MR) is 179 cm³/mol. The van der Waals surface area contributed by atoms with Crippen LogP contribution in [0.3, 0.4) is 0 Å². The number of carbonyl (C=O) groups is 2. The first-order valence-corrected chi connectivity index (χ1v) is 16.7. The quantitative estimate of drug-likeness (QED) is 0.134. The molecule has 0 N–H and O–H groups in total. The predicted octanol–water partition coefficient (Wildman–Crippen LogP) is 5.04. The van der Waals surface area contributed by atoms with Crippen LogP contribution in [0.25, 0.3) is 10.8 Å². The van der Waals surface area contributed by atoms with Crippen LogP contribution in [-0.4, -0.2) is 85.0 Å². The number of benzene rings is 3. The van der Waals surface area contributed by atoms with E-state index in [-0.39, 0.29) is 28.7 Å². The molecule has 0 bridgehead atoms. The van der Waals surface area contributed by atoms with Crippen LogP contribution in [0, 0.1) is 10.1 Å². The summed E-state index contributed by atoms with van der Waals surface area (Å²) in [5.74, 6) is -0.171.